The van der Waals surface area contributed by atoms with Crippen LogP contribution in [-0.4, -0.2) is 47.1 Å². The maximum Gasteiger partial charge on any atom is 0.191 e. The number of aliphatic imine (C=N–C) groups is 1. The number of likely N-dealkylation sites (tertiary alicyclic amines) is 1. The highest BCUT2D eigenvalue weighted by Crippen LogP contribution is 2.13. The van der Waals surface area contributed by atoms with Crippen LogP contribution in [0.25, 0.3) is 0 Å². The molecule has 1 fully saturated rings. The van der Waals surface area contributed by atoms with Crippen LogP contribution in [0.1, 0.15) is 36.8 Å². The zero-order valence-electron chi connectivity index (χ0n) is 16.8. The first-order valence-corrected chi connectivity index (χ1v) is 10.0. The van der Waals surface area contributed by atoms with Gasteiger partial charge in [0.2, 0.25) is 0 Å². The van der Waals surface area contributed by atoms with Crippen LogP contribution in [-0.2, 0) is 19.6 Å². The summed E-state index contributed by atoms with van der Waals surface area (Å²) in [5.41, 5.74) is 2.68. The second-order valence-corrected chi connectivity index (χ2v) is 7.16. The van der Waals surface area contributed by atoms with E-state index >= 15 is 0 Å². The van der Waals surface area contributed by atoms with E-state index in [1.165, 1.54) is 43.5 Å². The highest BCUT2D eigenvalue weighted by Gasteiger charge is 2.10. The molecule has 0 saturated carbocycles. The van der Waals surface area contributed by atoms with Crippen molar-refractivity contribution < 1.29 is 0 Å². The van der Waals surface area contributed by atoms with Crippen molar-refractivity contribution in [2.75, 3.05) is 26.7 Å². The molecular formula is C21H33IN6. The first-order chi connectivity index (χ1) is 13.3. The van der Waals surface area contributed by atoms with Crippen molar-refractivity contribution in [3.8, 4) is 0 Å². The molecule has 0 radical (unpaired) electrons. The van der Waals surface area contributed by atoms with Crippen LogP contribution in [0.2, 0.25) is 0 Å². The zero-order chi connectivity index (χ0) is 18.7. The lowest BCUT2D eigenvalue weighted by molar-refractivity contribution is 0.221. The Kier molecular flexibility index (Phi) is 10.3. The van der Waals surface area contributed by atoms with E-state index < -0.39 is 0 Å². The quantitative estimate of drug-likeness (QED) is 0.255. The number of nitrogens with one attached hydrogen (secondary N) is 2. The zero-order valence-corrected chi connectivity index (χ0v) is 19.1. The number of piperidine rings is 1. The maximum atomic E-state index is 4.30. The van der Waals surface area contributed by atoms with Gasteiger partial charge in [0.15, 0.2) is 5.96 Å². The summed E-state index contributed by atoms with van der Waals surface area (Å²) in [7, 11) is 1.81. The number of hydrogen-bond acceptors (Lipinski definition) is 3. The van der Waals surface area contributed by atoms with Crippen LogP contribution in [0.3, 0.4) is 0 Å². The van der Waals surface area contributed by atoms with E-state index in [4.69, 9.17) is 0 Å². The summed E-state index contributed by atoms with van der Waals surface area (Å²) in [6.07, 6.45) is 10.8. The van der Waals surface area contributed by atoms with Gasteiger partial charge >= 0.3 is 0 Å². The third kappa shape index (κ3) is 7.79. The van der Waals surface area contributed by atoms with Gasteiger partial charge in [-0.05, 0) is 43.5 Å². The van der Waals surface area contributed by atoms with E-state index in [0.29, 0.717) is 0 Å². The third-order valence-corrected chi connectivity index (χ3v) is 5.01. The van der Waals surface area contributed by atoms with Crippen molar-refractivity contribution in [1.82, 2.24) is 25.1 Å². The van der Waals surface area contributed by atoms with Crippen LogP contribution in [0.5, 0.6) is 0 Å². The molecule has 2 N–H and O–H groups in total. The number of nitrogens with zero attached hydrogens (tertiary/aromatic N) is 4. The van der Waals surface area contributed by atoms with Gasteiger partial charge in [-0.2, -0.15) is 0 Å². The minimum absolute atomic E-state index is 0. The molecule has 1 aromatic heterocycles. The highest BCUT2D eigenvalue weighted by atomic mass is 127. The molecule has 0 amide bonds. The molecule has 0 aliphatic carbocycles. The van der Waals surface area contributed by atoms with Gasteiger partial charge in [0.25, 0.3) is 0 Å². The van der Waals surface area contributed by atoms with E-state index in [1.54, 1.807) is 0 Å². The van der Waals surface area contributed by atoms with Gasteiger partial charge in [0.1, 0.15) is 0 Å². The van der Waals surface area contributed by atoms with E-state index in [2.05, 4.69) is 54.3 Å². The van der Waals surface area contributed by atoms with Gasteiger partial charge < -0.3 is 15.2 Å². The molecule has 6 nitrogen and oxygen atoms in total. The first kappa shape index (κ1) is 22.7. The molecule has 0 unspecified atom stereocenters. The van der Waals surface area contributed by atoms with Crippen LogP contribution in [0.4, 0.5) is 0 Å². The average molecular weight is 496 g/mol. The van der Waals surface area contributed by atoms with Gasteiger partial charge in [0, 0.05) is 45.6 Å². The monoisotopic (exact) mass is 496 g/mol. The van der Waals surface area contributed by atoms with E-state index in [-0.39, 0.29) is 24.0 Å². The summed E-state index contributed by atoms with van der Waals surface area (Å²) >= 11 is 0. The van der Waals surface area contributed by atoms with Crippen LogP contribution >= 0.6 is 24.0 Å². The van der Waals surface area contributed by atoms with Crippen molar-refractivity contribution in [2.24, 2.45) is 4.99 Å². The lowest BCUT2D eigenvalue weighted by Gasteiger charge is -2.26. The third-order valence-electron chi connectivity index (χ3n) is 5.01. The van der Waals surface area contributed by atoms with Crippen LogP contribution in [0, 0.1) is 0 Å². The first-order valence-electron chi connectivity index (χ1n) is 10.0. The number of halogens is 1. The lowest BCUT2D eigenvalue weighted by Crippen LogP contribution is -2.37. The van der Waals surface area contributed by atoms with Gasteiger partial charge in [0.05, 0.1) is 6.33 Å². The number of aromatic nitrogens is 2. The molecule has 2 aromatic rings. The Morgan fingerprint density at radius 3 is 2.50 bits per heavy atom. The topological polar surface area (TPSA) is 57.5 Å². The van der Waals surface area contributed by atoms with Crippen LogP contribution in [0.15, 0.2) is 48.0 Å². The fourth-order valence-electron chi connectivity index (χ4n) is 3.43. The standard InChI is InChI=1S/C21H32N6.HI/c1-22-21(24-10-5-14-27-15-11-23-18-27)25-16-19-6-8-20(9-7-19)17-26-12-3-2-4-13-26;/h6-9,11,15,18H,2-5,10,12-14,16-17H2,1H3,(H2,22,24,25);1H. The molecular weight excluding hydrogens is 463 g/mol. The average Bonchev–Trinajstić information content (AvgIpc) is 3.23. The van der Waals surface area contributed by atoms with Crippen LogP contribution < -0.4 is 10.6 Å². The summed E-state index contributed by atoms with van der Waals surface area (Å²) in [5.74, 6) is 0.845. The minimum Gasteiger partial charge on any atom is -0.356 e. The molecule has 0 spiro atoms. The molecule has 1 aromatic carbocycles. The predicted molar refractivity (Wildman–Crippen MR) is 126 cm³/mol. The van der Waals surface area contributed by atoms with Gasteiger partial charge in [-0.15, -0.1) is 24.0 Å². The molecule has 0 bridgehead atoms. The molecule has 28 heavy (non-hydrogen) atoms. The summed E-state index contributed by atoms with van der Waals surface area (Å²) in [6.45, 7) is 6.19. The minimum atomic E-state index is 0. The fourth-order valence-corrected chi connectivity index (χ4v) is 3.43. The number of hydrogen-bond donors (Lipinski definition) is 2. The number of guanidine groups is 1. The van der Waals surface area contributed by atoms with Crippen molar-refractivity contribution in [1.29, 1.82) is 0 Å². The second kappa shape index (κ2) is 12.8. The highest BCUT2D eigenvalue weighted by molar-refractivity contribution is 14.0. The predicted octanol–water partition coefficient (Wildman–Crippen LogP) is 3.24. The number of aryl methyl sites for hydroxylation is 1. The SMILES string of the molecule is CN=C(NCCCn1ccnc1)NCc1ccc(CN2CCCCC2)cc1.I. The number of benzene rings is 1. The Balaban J connectivity index is 0.00000280. The Morgan fingerprint density at radius 2 is 1.82 bits per heavy atom. The summed E-state index contributed by atoms with van der Waals surface area (Å²) in [6, 6.07) is 8.96. The second-order valence-electron chi connectivity index (χ2n) is 7.16. The van der Waals surface area contributed by atoms with Crippen molar-refractivity contribution >= 4 is 29.9 Å². The van der Waals surface area contributed by atoms with Crippen molar-refractivity contribution in [3.05, 3.63) is 54.1 Å². The van der Waals surface area contributed by atoms with E-state index in [0.717, 1.165) is 38.6 Å². The normalized spacial score (nSPS) is 15.1. The Bertz CT molecular complexity index is 677. The van der Waals surface area contributed by atoms with Gasteiger partial charge in [-0.1, -0.05) is 30.7 Å². The maximum absolute atomic E-state index is 4.30. The summed E-state index contributed by atoms with van der Waals surface area (Å²) in [4.78, 5) is 10.9. The van der Waals surface area contributed by atoms with Crippen molar-refractivity contribution in [2.45, 2.75) is 45.3 Å². The molecule has 0 atom stereocenters. The molecule has 7 heteroatoms. The van der Waals surface area contributed by atoms with E-state index in [1.807, 2.05) is 25.8 Å². The Morgan fingerprint density at radius 1 is 1.07 bits per heavy atom. The molecule has 154 valence electrons. The largest absolute Gasteiger partial charge is 0.356 e. The fraction of sp³-hybridized carbons (Fsp3) is 0.524. The van der Waals surface area contributed by atoms with Crippen molar-refractivity contribution in [3.63, 3.8) is 0 Å². The van der Waals surface area contributed by atoms with Gasteiger partial charge in [-0.25, -0.2) is 4.98 Å². The Labute approximate surface area is 185 Å². The molecule has 3 rings (SSSR count). The molecule has 1 aliphatic rings. The lowest BCUT2D eigenvalue weighted by atomic mass is 10.1. The number of rotatable bonds is 8. The molecule has 1 saturated heterocycles. The summed E-state index contributed by atoms with van der Waals surface area (Å²) in [5, 5.41) is 6.76. The van der Waals surface area contributed by atoms with E-state index in [9.17, 15) is 0 Å². The summed E-state index contributed by atoms with van der Waals surface area (Å²) < 4.78 is 2.09. The Hall–Kier alpha value is -1.61. The molecule has 1 aliphatic heterocycles. The smallest absolute Gasteiger partial charge is 0.191 e. The number of imidazole rings is 1. The molecule has 2 heterocycles. The van der Waals surface area contributed by atoms with Gasteiger partial charge in [-0.3, -0.25) is 9.89 Å².